The fraction of sp³-hybridized carbons (Fsp3) is 0.556. The van der Waals surface area contributed by atoms with E-state index in [4.69, 9.17) is 9.47 Å². The first-order valence-electron chi connectivity index (χ1n) is 8.77. The van der Waals surface area contributed by atoms with Gasteiger partial charge in [0.25, 0.3) is 5.91 Å². The minimum absolute atomic E-state index is 0.155. The van der Waals surface area contributed by atoms with Gasteiger partial charge in [0.2, 0.25) is 0 Å². The second-order valence-corrected chi connectivity index (χ2v) is 6.68. The Bertz CT molecular complexity index is 645. The normalized spacial score (nSPS) is 22.3. The molecule has 1 aromatic carbocycles. The second kappa shape index (κ2) is 7.74. The maximum Gasteiger partial charge on any atom is 0.321 e. The lowest BCUT2D eigenvalue weighted by Crippen LogP contribution is -3.11. The number of likely N-dealkylation sites (tertiary alicyclic amines) is 1. The van der Waals surface area contributed by atoms with Crippen LogP contribution in [-0.4, -0.2) is 45.3 Å². The zero-order valence-electron chi connectivity index (χ0n) is 14.8. The van der Waals surface area contributed by atoms with E-state index < -0.39 is 0 Å². The molecular formula is C18H26N3O4+. The number of nitrogens with one attached hydrogen (secondary N) is 3. The van der Waals surface area contributed by atoms with Crippen molar-refractivity contribution in [1.29, 1.82) is 0 Å². The molecule has 1 aliphatic carbocycles. The molecule has 7 heteroatoms. The Morgan fingerprint density at radius 2 is 2.00 bits per heavy atom. The standard InChI is InChI=1S/C18H25N3O4/c1-24-13-7-8-16(25-2)14(10-13)15-4-3-9-21(15)11-17(22)20-18(23)19-12-5-6-12/h7-8,10,12,15H,3-6,9,11H2,1-2H3,(H2,19,20,22,23)/p+1/t15-/m0/s1. The van der Waals surface area contributed by atoms with Gasteiger partial charge in [-0.05, 0) is 31.0 Å². The number of carbonyl (C=O) groups excluding carboxylic acids is 2. The molecule has 3 amide bonds. The highest BCUT2D eigenvalue weighted by Crippen LogP contribution is 2.31. The molecule has 2 aliphatic rings. The number of hydrogen-bond donors (Lipinski definition) is 3. The fourth-order valence-electron chi connectivity index (χ4n) is 3.44. The van der Waals surface area contributed by atoms with Crippen LogP contribution in [0.5, 0.6) is 11.5 Å². The zero-order chi connectivity index (χ0) is 17.8. The summed E-state index contributed by atoms with van der Waals surface area (Å²) in [5.41, 5.74) is 1.05. The van der Waals surface area contributed by atoms with Gasteiger partial charge in [-0.1, -0.05) is 0 Å². The Labute approximate surface area is 147 Å². The molecule has 7 nitrogen and oxygen atoms in total. The first kappa shape index (κ1) is 17.5. The smallest absolute Gasteiger partial charge is 0.321 e. The zero-order valence-corrected chi connectivity index (χ0v) is 14.8. The number of methoxy groups -OCH3 is 2. The van der Waals surface area contributed by atoms with E-state index in [9.17, 15) is 9.59 Å². The lowest BCUT2D eigenvalue weighted by molar-refractivity contribution is -0.910. The van der Waals surface area contributed by atoms with Crippen LogP contribution in [0.4, 0.5) is 4.79 Å². The molecule has 25 heavy (non-hydrogen) atoms. The van der Waals surface area contributed by atoms with Crippen LogP contribution < -0.4 is 25.0 Å². The first-order chi connectivity index (χ1) is 12.1. The van der Waals surface area contributed by atoms with E-state index >= 15 is 0 Å². The van der Waals surface area contributed by atoms with Crippen molar-refractivity contribution in [3.63, 3.8) is 0 Å². The van der Waals surface area contributed by atoms with Crippen molar-refractivity contribution < 1.29 is 24.0 Å². The third-order valence-electron chi connectivity index (χ3n) is 4.85. The molecule has 0 bridgehead atoms. The monoisotopic (exact) mass is 348 g/mol. The van der Waals surface area contributed by atoms with Gasteiger partial charge in [0, 0.05) is 18.9 Å². The number of ether oxygens (including phenoxy) is 2. The quantitative estimate of drug-likeness (QED) is 0.696. The van der Waals surface area contributed by atoms with E-state index in [2.05, 4.69) is 10.6 Å². The first-order valence-corrected chi connectivity index (χ1v) is 8.77. The Morgan fingerprint density at radius 1 is 1.20 bits per heavy atom. The highest BCUT2D eigenvalue weighted by molar-refractivity contribution is 5.94. The van der Waals surface area contributed by atoms with Crippen LogP contribution in [0.1, 0.15) is 37.3 Å². The average Bonchev–Trinajstić information content (AvgIpc) is 3.29. The summed E-state index contributed by atoms with van der Waals surface area (Å²) >= 11 is 0. The van der Waals surface area contributed by atoms with Crippen molar-refractivity contribution >= 4 is 11.9 Å². The molecular weight excluding hydrogens is 322 g/mol. The number of carbonyl (C=O) groups is 2. The van der Waals surface area contributed by atoms with Gasteiger partial charge in [-0.15, -0.1) is 0 Å². The Hall–Kier alpha value is -2.28. The maximum atomic E-state index is 12.2. The van der Waals surface area contributed by atoms with Crippen molar-refractivity contribution in [1.82, 2.24) is 10.6 Å². The van der Waals surface area contributed by atoms with Gasteiger partial charge < -0.3 is 19.7 Å². The highest BCUT2D eigenvalue weighted by atomic mass is 16.5. The predicted octanol–water partition coefficient (Wildman–Crippen LogP) is 0.412. The van der Waals surface area contributed by atoms with Crippen LogP contribution in [-0.2, 0) is 4.79 Å². The molecule has 136 valence electrons. The third-order valence-corrected chi connectivity index (χ3v) is 4.85. The minimum atomic E-state index is -0.387. The Morgan fingerprint density at radius 3 is 2.68 bits per heavy atom. The molecule has 1 saturated carbocycles. The summed E-state index contributed by atoms with van der Waals surface area (Å²) in [5.74, 6) is 1.33. The topological polar surface area (TPSA) is 81.1 Å². The van der Waals surface area contributed by atoms with Crippen molar-refractivity contribution in [3.05, 3.63) is 23.8 Å². The lowest BCUT2D eigenvalue weighted by atomic mass is 10.0. The van der Waals surface area contributed by atoms with Crippen molar-refractivity contribution in [2.75, 3.05) is 27.3 Å². The number of amides is 3. The summed E-state index contributed by atoms with van der Waals surface area (Å²) in [7, 11) is 3.28. The molecule has 1 heterocycles. The maximum absolute atomic E-state index is 12.2. The summed E-state index contributed by atoms with van der Waals surface area (Å²) in [4.78, 5) is 25.1. The van der Waals surface area contributed by atoms with Gasteiger partial charge in [0.1, 0.15) is 17.5 Å². The average molecular weight is 348 g/mol. The van der Waals surface area contributed by atoms with Crippen LogP contribution in [0.3, 0.4) is 0 Å². The van der Waals surface area contributed by atoms with Crippen LogP contribution in [0.15, 0.2) is 18.2 Å². The van der Waals surface area contributed by atoms with Crippen LogP contribution >= 0.6 is 0 Å². The van der Waals surface area contributed by atoms with Gasteiger partial charge in [-0.2, -0.15) is 0 Å². The molecule has 2 fully saturated rings. The predicted molar refractivity (Wildman–Crippen MR) is 91.9 cm³/mol. The molecule has 3 N–H and O–H groups in total. The van der Waals surface area contributed by atoms with E-state index in [1.54, 1.807) is 14.2 Å². The van der Waals surface area contributed by atoms with E-state index in [1.165, 1.54) is 0 Å². The highest BCUT2D eigenvalue weighted by Gasteiger charge is 2.34. The molecule has 1 aliphatic heterocycles. The van der Waals surface area contributed by atoms with E-state index in [-0.39, 0.29) is 30.6 Å². The van der Waals surface area contributed by atoms with Gasteiger partial charge in [-0.25, -0.2) is 4.79 Å². The molecule has 1 saturated heterocycles. The summed E-state index contributed by atoms with van der Waals surface area (Å²) in [6, 6.07) is 5.75. The molecule has 0 spiro atoms. The molecule has 3 rings (SSSR count). The number of benzene rings is 1. The third kappa shape index (κ3) is 4.42. The number of hydrogen-bond acceptors (Lipinski definition) is 4. The Balaban J connectivity index is 1.65. The van der Waals surface area contributed by atoms with Crippen molar-refractivity contribution in [2.45, 2.75) is 37.8 Å². The fourth-order valence-corrected chi connectivity index (χ4v) is 3.44. The lowest BCUT2D eigenvalue weighted by Gasteiger charge is -2.23. The summed E-state index contributed by atoms with van der Waals surface area (Å²) in [6.07, 6.45) is 4.00. The number of imide groups is 1. The van der Waals surface area contributed by atoms with Gasteiger partial charge in [0.15, 0.2) is 6.54 Å². The van der Waals surface area contributed by atoms with E-state index in [0.717, 1.165) is 54.2 Å². The summed E-state index contributed by atoms with van der Waals surface area (Å²) < 4.78 is 10.8. The SMILES string of the molecule is COc1ccc(OC)c([C@@H]2CCC[NH+]2CC(=O)NC(=O)NC2CC2)c1. The Kier molecular flexibility index (Phi) is 5.43. The minimum Gasteiger partial charge on any atom is -0.497 e. The number of urea groups is 1. The number of rotatable bonds is 6. The summed E-state index contributed by atoms with van der Waals surface area (Å²) in [5, 5.41) is 5.20. The molecule has 0 aromatic heterocycles. The van der Waals surface area contributed by atoms with E-state index in [1.807, 2.05) is 18.2 Å². The largest absolute Gasteiger partial charge is 0.497 e. The van der Waals surface area contributed by atoms with E-state index in [0.29, 0.717) is 0 Å². The second-order valence-electron chi connectivity index (χ2n) is 6.68. The number of quaternary nitrogens is 1. The van der Waals surface area contributed by atoms with Gasteiger partial charge in [-0.3, -0.25) is 10.1 Å². The van der Waals surface area contributed by atoms with Gasteiger partial charge in [0.05, 0.1) is 26.3 Å². The van der Waals surface area contributed by atoms with Crippen molar-refractivity contribution in [2.24, 2.45) is 0 Å². The molecule has 1 aromatic rings. The van der Waals surface area contributed by atoms with Crippen LogP contribution in [0, 0.1) is 0 Å². The summed E-state index contributed by atoms with van der Waals surface area (Å²) in [6.45, 7) is 1.16. The van der Waals surface area contributed by atoms with Crippen LogP contribution in [0.2, 0.25) is 0 Å². The van der Waals surface area contributed by atoms with Gasteiger partial charge >= 0.3 is 6.03 Å². The molecule has 2 atom stereocenters. The van der Waals surface area contributed by atoms with Crippen molar-refractivity contribution in [3.8, 4) is 11.5 Å². The van der Waals surface area contributed by atoms with Crippen LogP contribution in [0.25, 0.3) is 0 Å². The molecule has 0 radical (unpaired) electrons. The molecule has 1 unspecified atom stereocenters.